The van der Waals surface area contributed by atoms with Crippen molar-refractivity contribution in [3.8, 4) is 0 Å². The average molecular weight is 405 g/mol. The summed E-state index contributed by atoms with van der Waals surface area (Å²) in [4.78, 5) is 40.9. The van der Waals surface area contributed by atoms with Crippen LogP contribution in [-0.2, 0) is 14.4 Å². The van der Waals surface area contributed by atoms with E-state index in [9.17, 15) is 14.4 Å². The lowest BCUT2D eigenvalue weighted by Gasteiger charge is -2.37. The summed E-state index contributed by atoms with van der Waals surface area (Å²) in [6.45, 7) is 2.02. The highest BCUT2D eigenvalue weighted by Gasteiger charge is 2.67. The smallest absolute Gasteiger partial charge is 0.233 e. The maximum atomic E-state index is 13.3. The molecular weight excluding hydrogens is 376 g/mol. The average Bonchev–Trinajstić information content (AvgIpc) is 3.53. The molecular formula is C25H28N2O3. The molecule has 1 N–H and O–H groups in total. The lowest BCUT2D eigenvalue weighted by atomic mass is 9.63. The van der Waals surface area contributed by atoms with E-state index in [-0.39, 0.29) is 53.4 Å². The number of amides is 3. The Balaban J connectivity index is 1.11. The Morgan fingerprint density at radius 3 is 2.03 bits per heavy atom. The van der Waals surface area contributed by atoms with Gasteiger partial charge in [-0.1, -0.05) is 29.8 Å². The Labute approximate surface area is 176 Å². The van der Waals surface area contributed by atoms with Crippen LogP contribution in [0.25, 0.3) is 0 Å². The highest BCUT2D eigenvalue weighted by atomic mass is 16.2. The number of hydrogen-bond acceptors (Lipinski definition) is 3. The standard InChI is InChI=1S/C25H28N2O3/c1-13-2-6-15(7-3-13)26-23(28)14-4-8-16(9-5-14)27-24(29)21-17-10-11-18(20-12-19(17)20)22(21)25(27)30/h2-3,6-7,10-11,14,16-22H,4-5,8-9,12H2,1H3,(H,26,28). The zero-order chi connectivity index (χ0) is 20.6. The van der Waals surface area contributed by atoms with Gasteiger partial charge >= 0.3 is 0 Å². The summed E-state index contributed by atoms with van der Waals surface area (Å²) in [5.74, 6) is 1.75. The molecule has 4 fully saturated rings. The molecule has 156 valence electrons. The largest absolute Gasteiger partial charge is 0.326 e. The zero-order valence-corrected chi connectivity index (χ0v) is 17.3. The number of nitrogens with zero attached hydrogens (tertiary/aromatic N) is 1. The Bertz CT molecular complexity index is 908. The van der Waals surface area contributed by atoms with Crippen molar-refractivity contribution in [3.05, 3.63) is 42.0 Å². The van der Waals surface area contributed by atoms with Gasteiger partial charge in [0.2, 0.25) is 17.7 Å². The number of hydrogen-bond donors (Lipinski definition) is 1. The van der Waals surface area contributed by atoms with Crippen LogP contribution < -0.4 is 5.32 Å². The van der Waals surface area contributed by atoms with E-state index in [1.165, 1.54) is 6.42 Å². The van der Waals surface area contributed by atoms with Gasteiger partial charge < -0.3 is 5.32 Å². The van der Waals surface area contributed by atoms with Crippen LogP contribution in [0.15, 0.2) is 36.4 Å². The van der Waals surface area contributed by atoms with Crippen molar-refractivity contribution in [2.75, 3.05) is 5.32 Å². The second-order valence-electron chi connectivity index (χ2n) is 10.1. The second-order valence-corrected chi connectivity index (χ2v) is 10.1. The summed E-state index contributed by atoms with van der Waals surface area (Å²) in [6.07, 6.45) is 8.56. The molecule has 5 aliphatic carbocycles. The fourth-order valence-electron chi connectivity index (χ4n) is 6.82. The van der Waals surface area contributed by atoms with Gasteiger partial charge in [0.1, 0.15) is 0 Å². The van der Waals surface area contributed by atoms with Gasteiger partial charge in [-0.05, 0) is 74.8 Å². The van der Waals surface area contributed by atoms with Gasteiger partial charge in [0.25, 0.3) is 0 Å². The number of carbonyl (C=O) groups is 3. The Kier molecular flexibility index (Phi) is 4.00. The number of allylic oxidation sites excluding steroid dienone is 2. The molecule has 1 saturated heterocycles. The predicted octanol–water partition coefficient (Wildman–Crippen LogP) is 3.55. The van der Waals surface area contributed by atoms with Crippen LogP contribution >= 0.6 is 0 Å². The van der Waals surface area contributed by atoms with Crippen molar-refractivity contribution >= 4 is 23.4 Å². The van der Waals surface area contributed by atoms with Crippen molar-refractivity contribution in [3.63, 3.8) is 0 Å². The summed E-state index contributed by atoms with van der Waals surface area (Å²) >= 11 is 0. The third-order valence-corrected chi connectivity index (χ3v) is 8.45. The van der Waals surface area contributed by atoms with E-state index in [0.717, 1.165) is 36.9 Å². The van der Waals surface area contributed by atoms with E-state index in [0.29, 0.717) is 11.8 Å². The van der Waals surface area contributed by atoms with E-state index < -0.39 is 0 Å². The van der Waals surface area contributed by atoms with E-state index in [1.807, 2.05) is 31.2 Å². The lowest BCUT2D eigenvalue weighted by molar-refractivity contribution is -0.144. The first-order valence-corrected chi connectivity index (χ1v) is 11.5. The molecule has 5 heteroatoms. The summed E-state index contributed by atoms with van der Waals surface area (Å²) in [7, 11) is 0. The quantitative estimate of drug-likeness (QED) is 0.619. The van der Waals surface area contributed by atoms with E-state index in [2.05, 4.69) is 17.5 Å². The normalized spacial score (nSPS) is 40.9. The fraction of sp³-hybridized carbons (Fsp3) is 0.560. The van der Waals surface area contributed by atoms with Gasteiger partial charge in [0.05, 0.1) is 11.8 Å². The minimum atomic E-state index is -0.112. The van der Waals surface area contributed by atoms with Crippen molar-refractivity contribution in [2.24, 2.45) is 41.4 Å². The summed E-state index contributed by atoms with van der Waals surface area (Å²) in [5, 5.41) is 3.02. The van der Waals surface area contributed by atoms with Crippen molar-refractivity contribution in [2.45, 2.75) is 45.1 Å². The molecule has 0 radical (unpaired) electrons. The van der Waals surface area contributed by atoms with E-state index in [4.69, 9.17) is 0 Å². The number of carbonyl (C=O) groups excluding carboxylic acids is 3. The third-order valence-electron chi connectivity index (χ3n) is 8.45. The summed E-state index contributed by atoms with van der Waals surface area (Å²) in [6, 6.07) is 7.80. The van der Waals surface area contributed by atoms with Gasteiger partial charge in [-0.25, -0.2) is 0 Å². The topological polar surface area (TPSA) is 66.5 Å². The molecule has 1 aromatic rings. The van der Waals surface area contributed by atoms with E-state index >= 15 is 0 Å². The molecule has 3 saturated carbocycles. The molecule has 5 nitrogen and oxygen atoms in total. The molecule has 0 aromatic heterocycles. The van der Waals surface area contributed by atoms with Crippen molar-refractivity contribution in [1.29, 1.82) is 0 Å². The second kappa shape index (κ2) is 6.53. The number of rotatable bonds is 3. The highest BCUT2D eigenvalue weighted by Crippen LogP contribution is 2.65. The van der Waals surface area contributed by atoms with Crippen LogP contribution in [0, 0.1) is 48.3 Å². The minimum Gasteiger partial charge on any atom is -0.326 e. The Hall–Kier alpha value is -2.43. The van der Waals surface area contributed by atoms with Crippen LogP contribution in [0.2, 0.25) is 0 Å². The SMILES string of the molecule is Cc1ccc(NC(=O)C2CCC(N3C(=O)C4C5C=CC(C6CC56)C4C3=O)CC2)cc1. The maximum absolute atomic E-state index is 13.3. The van der Waals surface area contributed by atoms with Gasteiger partial charge in [-0.2, -0.15) is 0 Å². The third kappa shape index (κ3) is 2.63. The zero-order valence-electron chi connectivity index (χ0n) is 17.3. The molecule has 2 bridgehead atoms. The molecule has 6 unspecified atom stereocenters. The summed E-state index contributed by atoms with van der Waals surface area (Å²) in [5.41, 5.74) is 1.98. The number of aryl methyl sites for hydroxylation is 1. The number of imide groups is 1. The molecule has 3 amide bonds. The van der Waals surface area contributed by atoms with Gasteiger partial charge in [0, 0.05) is 17.6 Å². The van der Waals surface area contributed by atoms with Crippen LogP contribution in [0.4, 0.5) is 5.69 Å². The highest BCUT2D eigenvalue weighted by molar-refractivity contribution is 6.06. The molecule has 6 atom stereocenters. The lowest BCUT2D eigenvalue weighted by Crippen LogP contribution is -2.44. The van der Waals surface area contributed by atoms with Crippen LogP contribution in [0.3, 0.4) is 0 Å². The Morgan fingerprint density at radius 2 is 1.47 bits per heavy atom. The first kappa shape index (κ1) is 18.3. The molecule has 1 aliphatic heterocycles. The van der Waals surface area contributed by atoms with Gasteiger partial charge in [0.15, 0.2) is 0 Å². The van der Waals surface area contributed by atoms with Crippen LogP contribution in [0.1, 0.15) is 37.7 Å². The molecule has 1 aromatic carbocycles. The molecule has 7 rings (SSSR count). The van der Waals surface area contributed by atoms with Gasteiger partial charge in [-0.3, -0.25) is 19.3 Å². The number of nitrogens with one attached hydrogen (secondary N) is 1. The maximum Gasteiger partial charge on any atom is 0.233 e. The number of likely N-dealkylation sites (tertiary alicyclic amines) is 1. The molecule has 0 spiro atoms. The fourth-order valence-corrected chi connectivity index (χ4v) is 6.82. The molecule has 1 heterocycles. The monoisotopic (exact) mass is 404 g/mol. The Morgan fingerprint density at radius 1 is 0.900 bits per heavy atom. The van der Waals surface area contributed by atoms with E-state index in [1.54, 1.807) is 4.90 Å². The van der Waals surface area contributed by atoms with Gasteiger partial charge in [-0.15, -0.1) is 0 Å². The number of anilines is 1. The van der Waals surface area contributed by atoms with Crippen molar-refractivity contribution < 1.29 is 14.4 Å². The molecule has 30 heavy (non-hydrogen) atoms. The number of benzene rings is 1. The van der Waals surface area contributed by atoms with Crippen LogP contribution in [-0.4, -0.2) is 28.7 Å². The van der Waals surface area contributed by atoms with Crippen molar-refractivity contribution in [1.82, 2.24) is 4.90 Å². The minimum absolute atomic E-state index is 0.0326. The molecule has 6 aliphatic rings. The summed E-state index contributed by atoms with van der Waals surface area (Å²) < 4.78 is 0. The first-order valence-electron chi connectivity index (χ1n) is 11.5. The van der Waals surface area contributed by atoms with Crippen LogP contribution in [0.5, 0.6) is 0 Å². The first-order chi connectivity index (χ1) is 14.5. The predicted molar refractivity (Wildman–Crippen MR) is 112 cm³/mol.